The van der Waals surface area contributed by atoms with E-state index in [-0.39, 0.29) is 39.3 Å². The molecule has 8 aromatic rings. The van der Waals surface area contributed by atoms with Gasteiger partial charge in [0.2, 0.25) is 47.0 Å². The predicted molar refractivity (Wildman–Crippen MR) is 590 cm³/mol. The third kappa shape index (κ3) is 31.3. The summed E-state index contributed by atoms with van der Waals surface area (Å²) in [5.74, 6) is 3.25. The van der Waals surface area contributed by atoms with Crippen LogP contribution >= 0.6 is 90.4 Å². The van der Waals surface area contributed by atoms with Gasteiger partial charge in [-0.3, -0.25) is 4.79 Å². The summed E-state index contributed by atoms with van der Waals surface area (Å²) in [5, 5.41) is 58.6. The molecule has 4 aliphatic heterocycles. The molecule has 0 spiro atoms. The number of allylic oxidation sites excluding steroid dienone is 2. The zero-order valence-electron chi connectivity index (χ0n) is 85.8. The van der Waals surface area contributed by atoms with E-state index in [2.05, 4.69) is 276 Å². The van der Waals surface area contributed by atoms with Gasteiger partial charge in [0.15, 0.2) is 23.8 Å². The Bertz CT molecular complexity index is 5490. The van der Waals surface area contributed by atoms with E-state index in [1.807, 2.05) is 85.2 Å². The van der Waals surface area contributed by atoms with E-state index >= 15 is 0 Å². The van der Waals surface area contributed by atoms with E-state index in [1.54, 1.807) is 62.6 Å². The molecule has 136 heavy (non-hydrogen) atoms. The summed E-state index contributed by atoms with van der Waals surface area (Å²) in [6.07, 6.45) is 7.25. The zero-order valence-corrected chi connectivity index (χ0v) is 101. The van der Waals surface area contributed by atoms with Crippen molar-refractivity contribution in [2.75, 3.05) is 63.5 Å². The molecule has 8 aromatic heterocycles. The number of aromatic nitrogens is 8. The van der Waals surface area contributed by atoms with Gasteiger partial charge in [0.1, 0.15) is 85.6 Å². The van der Waals surface area contributed by atoms with E-state index in [0.717, 1.165) is 75.1 Å². The zero-order chi connectivity index (χ0) is 103. The number of halogens is 4. The molecule has 12 rings (SSSR count). The number of aldehydes is 1. The minimum atomic E-state index is -1.69. The van der Waals surface area contributed by atoms with Crippen molar-refractivity contribution in [1.29, 1.82) is 0 Å². The molecule has 0 aromatic carbocycles. The highest BCUT2D eigenvalue weighted by Crippen LogP contribution is 2.43. The second-order valence-electron chi connectivity index (χ2n) is 39.5. The topological polar surface area (TPSA) is 375 Å². The van der Waals surface area contributed by atoms with Crippen molar-refractivity contribution in [3.63, 3.8) is 0 Å². The van der Waals surface area contributed by atoms with Gasteiger partial charge in [0.05, 0.1) is 123 Å². The van der Waals surface area contributed by atoms with Crippen LogP contribution in [-0.2, 0) is 89.7 Å². The van der Waals surface area contributed by atoms with Crippen LogP contribution in [0.3, 0.4) is 0 Å². The number of cyclic esters (lactones) is 2. The molecule has 29 nitrogen and oxygen atoms in total. The van der Waals surface area contributed by atoms with Gasteiger partial charge in [-0.1, -0.05) is 183 Å². The smallest absolute Gasteiger partial charge is 0.343 e. The predicted octanol–water partition coefficient (Wildman–Crippen LogP) is 15.4. The van der Waals surface area contributed by atoms with Crippen LogP contribution in [0.15, 0.2) is 79.1 Å². The first-order valence-corrected chi connectivity index (χ1v) is 73.6. The van der Waals surface area contributed by atoms with Crippen molar-refractivity contribution in [1.82, 2.24) is 39.9 Å². The van der Waals surface area contributed by atoms with Gasteiger partial charge >= 0.3 is 11.9 Å². The molecule has 0 amide bonds. The van der Waals surface area contributed by atoms with E-state index in [0.29, 0.717) is 98.6 Å². The van der Waals surface area contributed by atoms with Gasteiger partial charge < -0.3 is 87.1 Å². The Morgan fingerprint density at radius 2 is 0.824 bits per heavy atom. The molecule has 0 radical (unpaired) electrons. The number of nitrogens with zero attached hydrogens (tertiary/aromatic N) is 8. The molecule has 4 aliphatic rings. The number of methoxy groups -OCH3 is 8. The van der Waals surface area contributed by atoms with Crippen molar-refractivity contribution in [3.8, 4) is 47.0 Å². The second-order valence-corrected chi connectivity index (χ2v) is 79.2. The highest BCUT2D eigenvalue weighted by molar-refractivity contribution is 14.1. The summed E-state index contributed by atoms with van der Waals surface area (Å²) in [4.78, 5) is 70.4. The molecule has 0 aliphatic carbocycles. The van der Waals surface area contributed by atoms with E-state index in [4.69, 9.17) is 61.6 Å². The van der Waals surface area contributed by atoms with Gasteiger partial charge in [-0.05, 0) is 183 Å². The van der Waals surface area contributed by atoms with Crippen LogP contribution in [0.25, 0.3) is 5.57 Å². The van der Waals surface area contributed by atoms with Crippen molar-refractivity contribution in [2.24, 2.45) is 0 Å². The first kappa shape index (κ1) is 120. The number of aliphatic hydroxyl groups is 5. The lowest BCUT2D eigenvalue weighted by Gasteiger charge is -2.38. The molecule has 0 saturated carbocycles. The Hall–Kier alpha value is -6.35. The largest absolute Gasteiger partial charge is 0.496 e. The van der Waals surface area contributed by atoms with Gasteiger partial charge in [0, 0.05) is 76.3 Å². The van der Waals surface area contributed by atoms with Gasteiger partial charge in [-0.2, -0.15) is 0 Å². The third-order valence-electron chi connectivity index (χ3n) is 22.3. The Kier molecular flexibility index (Phi) is 45.5. The number of esters is 2. The highest BCUT2D eigenvalue weighted by Gasteiger charge is 2.48. The third-order valence-corrected chi connectivity index (χ3v) is 38.2. The number of rotatable bonds is 25. The number of ether oxygens (including phenoxy) is 13. The average molecular weight is 2450 g/mol. The lowest BCUT2D eigenvalue weighted by molar-refractivity contribution is -0.236. The SMILES string of the molecule is C/C=C/COCc1c(I)cc([Si](C)(C)C)nc1OC.CCC1=COCc2c1cc([Si](C)(C)C)nc2OC.CC[C@@]1(O)C(=O)OCc2c1cc(I)nc2OC.CC[C@@]1(O)C(=O)OCc2c1cc([Si](C)(C)C)nc2OC.CC[C@]1(O)c2cc([Si](C)(C)C)nc(OC)c2CO[C@H]1O.COc1cccc([Si](C)(C)C)n1.COc1nc([Si](C)(C)C)cc(I)c1C=O.COc1nc([Si](C)(C)C)cc(I)c1CO. The summed E-state index contributed by atoms with van der Waals surface area (Å²) >= 11 is 8.72. The molecule has 0 saturated heterocycles. The van der Waals surface area contributed by atoms with Crippen LogP contribution in [0.5, 0.6) is 47.0 Å². The molecule has 0 fully saturated rings. The van der Waals surface area contributed by atoms with Crippen LogP contribution in [0, 0.1) is 14.4 Å². The summed E-state index contributed by atoms with van der Waals surface area (Å²) < 4.78 is 72.3. The standard InChI is InChI=1S/C14H22INO2Si.C14H23NO4Si.C14H21NO4Si.C14H21NO2Si.C11H12INO4.C10H16INO2Si.C10H14INO2Si.C9H15NOSi/c1-6-7-8-18-10-11-12(15)9-13(19(3,4)5)16-14(11)17-2;2*1-6-14(17)10-7-11(20(3,4)5)15-12(18-2)9(10)8-19-13(14)16;1-6-10-8-17-9-12-11(10)7-13(18(3,4)5)15-14(12)16-2;1-3-11(15)7-4-8(12)13-9(16-2)6(7)5-17-10(11)14;2*1-14-10-7(6-13)8(11)5-9(12-10)15(2,3)4;1-11-8-6-5-7-9(10-8)12(2,3)4/h6-7,9H,8,10H2,1-5H3;7,13,16-17H,6,8H2,1-5H3;7,17H,6,8H2,1-5H3;7-8H,6,9H2,1-5H3;4,15H,3,5H2,1-2H3;5,13H,6H2,1-4H3;5-6H,1-4H3;5-7H,1-4H3/b7-6+;;;;;;;/t;13-,14+;14-;;11-;;;/m.10.0.../s1. The van der Waals surface area contributed by atoms with Crippen LogP contribution in [-0.4, -0.2) is 210 Å². The molecule has 0 unspecified atom stereocenters. The first-order chi connectivity index (χ1) is 63.2. The average Bonchev–Trinajstić information content (AvgIpc) is 0.749. The van der Waals surface area contributed by atoms with Crippen molar-refractivity contribution >= 4 is 208 Å². The maximum Gasteiger partial charge on any atom is 0.343 e. The Morgan fingerprint density at radius 3 is 1.23 bits per heavy atom. The minimum absolute atomic E-state index is 0.0274. The number of pyridine rings is 8. The van der Waals surface area contributed by atoms with Crippen molar-refractivity contribution in [3.05, 3.63) is 155 Å². The van der Waals surface area contributed by atoms with Gasteiger partial charge in [0.25, 0.3) is 0 Å². The molecule has 4 atom stereocenters. The highest BCUT2D eigenvalue weighted by atomic mass is 127. The molecule has 0 bridgehead atoms. The fraction of sp³-hybridized carbons (Fsp3) is 0.510. The quantitative estimate of drug-likeness (QED) is 0.00675. The van der Waals surface area contributed by atoms with Gasteiger partial charge in [-0.15, -0.1) is 0 Å². The van der Waals surface area contributed by atoms with Crippen LogP contribution < -0.4 is 75.1 Å². The second kappa shape index (κ2) is 51.6. The maximum atomic E-state index is 11.9. The van der Waals surface area contributed by atoms with Crippen molar-refractivity contribution < 1.29 is 101 Å². The lowest BCUT2D eigenvalue weighted by Crippen LogP contribution is -2.48. The molecule has 12 heterocycles. The van der Waals surface area contributed by atoms with E-state index in [9.17, 15) is 39.9 Å². The van der Waals surface area contributed by atoms with E-state index in [1.165, 1.54) is 44.9 Å². The molecule has 750 valence electrons. The van der Waals surface area contributed by atoms with Crippen LogP contribution in [0.1, 0.15) is 126 Å². The first-order valence-electron chi connectivity index (χ1n) is 44.8. The fourth-order valence-corrected chi connectivity index (χ4v) is 24.1. The molecule has 40 heteroatoms. The van der Waals surface area contributed by atoms with Crippen LogP contribution in [0.4, 0.5) is 0 Å². The van der Waals surface area contributed by atoms with E-state index < -0.39 is 91.5 Å². The maximum absolute atomic E-state index is 11.9. The fourth-order valence-electron chi connectivity index (χ4n) is 13.6. The normalized spacial score (nSPS) is 17.1. The molecule has 5 N–H and O–H groups in total. The monoisotopic (exact) mass is 2450 g/mol. The number of hydrogen-bond acceptors (Lipinski definition) is 29. The van der Waals surface area contributed by atoms with Gasteiger partial charge in [-0.25, -0.2) is 49.5 Å². The summed E-state index contributed by atoms with van der Waals surface area (Å²) in [6, 6.07) is 19.9. The van der Waals surface area contributed by atoms with Crippen LogP contribution in [0.2, 0.25) is 137 Å². The summed E-state index contributed by atoms with van der Waals surface area (Å²) in [5.41, 5.74) is 5.16. The lowest BCUT2D eigenvalue weighted by atomic mass is 9.86. The number of fused-ring (bicyclic) bond motifs is 4. The molecular formula is C96H144I4N8O21Si7. The minimum Gasteiger partial charge on any atom is -0.496 e. The Balaban J connectivity index is 0.000000276. The summed E-state index contributed by atoms with van der Waals surface area (Å²) in [7, 11) is 2.35. The number of carbonyl (C=O) groups excluding carboxylic acids is 3. The number of hydrogen-bond donors (Lipinski definition) is 5. The van der Waals surface area contributed by atoms with Crippen molar-refractivity contribution in [2.45, 2.75) is 261 Å². The Morgan fingerprint density at radius 1 is 0.441 bits per heavy atom. The Labute approximate surface area is 866 Å². The number of aliphatic hydroxyl groups excluding tert-OH is 2. The summed E-state index contributed by atoms with van der Waals surface area (Å²) in [6.45, 7) is 58.5. The molecular weight excluding hydrogens is 2310 g/mol. The number of carbonyl (C=O) groups is 3.